The summed E-state index contributed by atoms with van der Waals surface area (Å²) in [4.78, 5) is 13.4. The highest BCUT2D eigenvalue weighted by molar-refractivity contribution is 9.10. The second-order valence-corrected chi connectivity index (χ2v) is 5.31. The molecule has 0 bridgehead atoms. The first-order valence-electron chi connectivity index (χ1n) is 5.78. The third kappa shape index (κ3) is 4.38. The van der Waals surface area contributed by atoms with Gasteiger partial charge in [-0.1, -0.05) is 13.0 Å². The van der Waals surface area contributed by atoms with Crippen LogP contribution in [0.25, 0.3) is 0 Å². The largest absolute Gasteiger partial charge is 0.359 e. The van der Waals surface area contributed by atoms with Gasteiger partial charge in [-0.2, -0.15) is 0 Å². The van der Waals surface area contributed by atoms with Gasteiger partial charge >= 0.3 is 0 Å². The number of amides is 1. The Labute approximate surface area is 115 Å². The molecule has 1 unspecified atom stereocenters. The van der Waals surface area contributed by atoms with Gasteiger partial charge < -0.3 is 10.2 Å². The SMILES string of the molecule is CNC(=O)C(C)CN(C)Cc1ccc(F)c(Br)c1. The fraction of sp³-hybridized carbons (Fsp3) is 0.462. The molecule has 3 nitrogen and oxygen atoms in total. The van der Waals surface area contributed by atoms with Crippen molar-refractivity contribution >= 4 is 21.8 Å². The standard InChI is InChI=1S/C13H18BrFN2O/c1-9(13(18)16-2)7-17(3)8-10-4-5-12(15)11(14)6-10/h4-6,9H,7-8H2,1-3H3,(H,16,18). The number of hydrogen-bond acceptors (Lipinski definition) is 2. The van der Waals surface area contributed by atoms with Crippen LogP contribution in [-0.2, 0) is 11.3 Å². The van der Waals surface area contributed by atoms with E-state index in [1.54, 1.807) is 19.2 Å². The molecule has 0 aliphatic heterocycles. The van der Waals surface area contributed by atoms with E-state index >= 15 is 0 Å². The predicted octanol–water partition coefficient (Wildman–Crippen LogP) is 2.40. The lowest BCUT2D eigenvalue weighted by atomic mass is 10.1. The Kier molecular flexibility index (Phi) is 5.75. The van der Waals surface area contributed by atoms with Gasteiger partial charge in [0, 0.05) is 26.1 Å². The Hall–Kier alpha value is -0.940. The molecule has 1 rings (SSSR count). The second-order valence-electron chi connectivity index (χ2n) is 4.46. The lowest BCUT2D eigenvalue weighted by Gasteiger charge is -2.20. The van der Waals surface area contributed by atoms with E-state index in [2.05, 4.69) is 21.2 Å². The molecule has 0 saturated carbocycles. The summed E-state index contributed by atoms with van der Waals surface area (Å²) >= 11 is 3.16. The molecule has 0 aliphatic rings. The third-order valence-electron chi connectivity index (χ3n) is 2.72. The number of rotatable bonds is 5. The fourth-order valence-corrected chi connectivity index (χ4v) is 2.24. The summed E-state index contributed by atoms with van der Waals surface area (Å²) in [6.07, 6.45) is 0. The van der Waals surface area contributed by atoms with E-state index < -0.39 is 0 Å². The monoisotopic (exact) mass is 316 g/mol. The van der Waals surface area contributed by atoms with E-state index in [4.69, 9.17) is 0 Å². The maximum atomic E-state index is 13.1. The molecule has 1 aromatic carbocycles. The summed E-state index contributed by atoms with van der Waals surface area (Å²) in [6, 6.07) is 4.95. The first-order chi connectivity index (χ1) is 8.43. The summed E-state index contributed by atoms with van der Waals surface area (Å²) in [7, 11) is 3.58. The molecular formula is C13H18BrFN2O. The van der Waals surface area contributed by atoms with Crippen molar-refractivity contribution in [2.24, 2.45) is 5.92 Å². The molecule has 100 valence electrons. The van der Waals surface area contributed by atoms with Crippen molar-refractivity contribution in [2.75, 3.05) is 20.6 Å². The van der Waals surface area contributed by atoms with Crippen molar-refractivity contribution in [3.8, 4) is 0 Å². The van der Waals surface area contributed by atoms with Crippen LogP contribution in [0.5, 0.6) is 0 Å². The number of nitrogens with one attached hydrogen (secondary N) is 1. The Morgan fingerprint density at radius 1 is 1.56 bits per heavy atom. The Morgan fingerprint density at radius 2 is 2.22 bits per heavy atom. The summed E-state index contributed by atoms with van der Waals surface area (Å²) in [6.45, 7) is 3.23. The molecule has 1 atom stereocenters. The summed E-state index contributed by atoms with van der Waals surface area (Å²) in [5.41, 5.74) is 1.01. The zero-order valence-electron chi connectivity index (χ0n) is 10.8. The molecule has 1 N–H and O–H groups in total. The van der Waals surface area contributed by atoms with Crippen molar-refractivity contribution < 1.29 is 9.18 Å². The van der Waals surface area contributed by atoms with Gasteiger partial charge in [0.2, 0.25) is 5.91 Å². The van der Waals surface area contributed by atoms with E-state index in [0.29, 0.717) is 17.6 Å². The minimum absolute atomic E-state index is 0.0298. The van der Waals surface area contributed by atoms with Gasteiger partial charge in [-0.25, -0.2) is 4.39 Å². The second kappa shape index (κ2) is 6.85. The summed E-state index contributed by atoms with van der Waals surface area (Å²) < 4.78 is 13.6. The number of carbonyl (C=O) groups is 1. The third-order valence-corrected chi connectivity index (χ3v) is 3.32. The van der Waals surface area contributed by atoms with Gasteiger partial charge in [0.15, 0.2) is 0 Å². The zero-order valence-corrected chi connectivity index (χ0v) is 12.4. The molecular weight excluding hydrogens is 299 g/mol. The average Bonchev–Trinajstić information content (AvgIpc) is 2.32. The Bertz CT molecular complexity index is 425. The van der Waals surface area contributed by atoms with Crippen LogP contribution in [0.4, 0.5) is 4.39 Å². The predicted molar refractivity (Wildman–Crippen MR) is 73.7 cm³/mol. The van der Waals surface area contributed by atoms with E-state index in [-0.39, 0.29) is 17.6 Å². The molecule has 1 aromatic rings. The van der Waals surface area contributed by atoms with Crippen molar-refractivity contribution in [3.05, 3.63) is 34.1 Å². The zero-order chi connectivity index (χ0) is 13.7. The van der Waals surface area contributed by atoms with Crippen molar-refractivity contribution in [3.63, 3.8) is 0 Å². The van der Waals surface area contributed by atoms with Crippen LogP contribution in [-0.4, -0.2) is 31.4 Å². The molecule has 0 radical (unpaired) electrons. The topological polar surface area (TPSA) is 32.3 Å². The molecule has 0 saturated heterocycles. The van der Waals surface area contributed by atoms with E-state index in [9.17, 15) is 9.18 Å². The maximum absolute atomic E-state index is 13.1. The van der Waals surface area contributed by atoms with Crippen LogP contribution in [0.1, 0.15) is 12.5 Å². The first-order valence-corrected chi connectivity index (χ1v) is 6.57. The fourth-order valence-electron chi connectivity index (χ4n) is 1.81. The van der Waals surface area contributed by atoms with Crippen LogP contribution in [0, 0.1) is 11.7 Å². The van der Waals surface area contributed by atoms with Gasteiger partial charge in [0.25, 0.3) is 0 Å². The minimum atomic E-state index is -0.264. The smallest absolute Gasteiger partial charge is 0.223 e. The van der Waals surface area contributed by atoms with Gasteiger partial charge in [0.1, 0.15) is 5.82 Å². The van der Waals surface area contributed by atoms with E-state index in [1.165, 1.54) is 6.07 Å². The number of halogens is 2. The molecule has 18 heavy (non-hydrogen) atoms. The van der Waals surface area contributed by atoms with E-state index in [1.807, 2.05) is 18.9 Å². The van der Waals surface area contributed by atoms with Crippen LogP contribution >= 0.6 is 15.9 Å². The summed E-state index contributed by atoms with van der Waals surface area (Å²) in [5, 5.41) is 2.63. The molecule has 1 amide bonds. The number of carbonyl (C=O) groups excluding carboxylic acids is 1. The first kappa shape index (κ1) is 15.1. The highest BCUT2D eigenvalue weighted by atomic mass is 79.9. The van der Waals surface area contributed by atoms with Crippen LogP contribution in [0.3, 0.4) is 0 Å². The van der Waals surface area contributed by atoms with Gasteiger partial charge in [-0.15, -0.1) is 0 Å². The van der Waals surface area contributed by atoms with Gasteiger partial charge in [-0.3, -0.25) is 4.79 Å². The van der Waals surface area contributed by atoms with E-state index in [0.717, 1.165) is 5.56 Å². The van der Waals surface area contributed by atoms with Crippen molar-refractivity contribution in [1.82, 2.24) is 10.2 Å². The molecule has 5 heteroatoms. The highest BCUT2D eigenvalue weighted by Gasteiger charge is 2.13. The van der Waals surface area contributed by atoms with Crippen LogP contribution < -0.4 is 5.32 Å². The molecule has 0 heterocycles. The minimum Gasteiger partial charge on any atom is -0.359 e. The van der Waals surface area contributed by atoms with Gasteiger partial charge in [-0.05, 0) is 40.7 Å². The average molecular weight is 317 g/mol. The summed E-state index contributed by atoms with van der Waals surface area (Å²) in [5.74, 6) is -0.300. The van der Waals surface area contributed by atoms with Crippen LogP contribution in [0.15, 0.2) is 22.7 Å². The molecule has 0 spiro atoms. The lowest BCUT2D eigenvalue weighted by Crippen LogP contribution is -2.34. The Morgan fingerprint density at radius 3 is 2.78 bits per heavy atom. The quantitative estimate of drug-likeness (QED) is 0.904. The van der Waals surface area contributed by atoms with Crippen molar-refractivity contribution in [1.29, 1.82) is 0 Å². The highest BCUT2D eigenvalue weighted by Crippen LogP contribution is 2.17. The molecule has 0 aliphatic carbocycles. The van der Waals surface area contributed by atoms with Crippen molar-refractivity contribution in [2.45, 2.75) is 13.5 Å². The maximum Gasteiger partial charge on any atom is 0.223 e. The normalized spacial score (nSPS) is 12.6. The van der Waals surface area contributed by atoms with Crippen LogP contribution in [0.2, 0.25) is 0 Å². The molecule has 0 fully saturated rings. The Balaban J connectivity index is 2.56. The number of benzene rings is 1. The number of nitrogens with zero attached hydrogens (tertiary/aromatic N) is 1. The van der Waals surface area contributed by atoms with Gasteiger partial charge in [0.05, 0.1) is 4.47 Å². The number of hydrogen-bond donors (Lipinski definition) is 1. The lowest BCUT2D eigenvalue weighted by molar-refractivity contribution is -0.124. The molecule has 0 aromatic heterocycles.